The second-order valence-corrected chi connectivity index (χ2v) is 10.2. The molecule has 1 atom stereocenters. The van der Waals surface area contributed by atoms with Crippen molar-refractivity contribution in [2.45, 2.75) is 32.7 Å². The summed E-state index contributed by atoms with van der Waals surface area (Å²) in [4.78, 5) is 43.7. The molecule has 3 aromatic rings. The summed E-state index contributed by atoms with van der Waals surface area (Å²) in [6.07, 6.45) is 2.16. The van der Waals surface area contributed by atoms with Crippen LogP contribution in [-0.2, 0) is 24.8 Å². The van der Waals surface area contributed by atoms with Crippen molar-refractivity contribution in [3.63, 3.8) is 0 Å². The molecule has 1 N–H and O–H groups in total. The maximum absolute atomic E-state index is 13.6. The van der Waals surface area contributed by atoms with E-state index in [9.17, 15) is 14.4 Å². The molecule has 182 valence electrons. The van der Waals surface area contributed by atoms with Crippen molar-refractivity contribution in [3.8, 4) is 0 Å². The number of anilines is 1. The Balaban J connectivity index is 1.31. The molecule has 3 amide bonds. The smallest absolute Gasteiger partial charge is 0.274 e. The highest BCUT2D eigenvalue weighted by atomic mass is 32.1. The van der Waals surface area contributed by atoms with E-state index in [1.54, 1.807) is 14.5 Å². The number of aromatic nitrogens is 2. The van der Waals surface area contributed by atoms with Gasteiger partial charge < -0.3 is 15.1 Å². The van der Waals surface area contributed by atoms with Crippen molar-refractivity contribution in [1.82, 2.24) is 19.6 Å². The number of rotatable bonds is 4. The van der Waals surface area contributed by atoms with E-state index in [0.29, 0.717) is 43.2 Å². The average molecular weight is 492 g/mol. The van der Waals surface area contributed by atoms with Crippen LogP contribution >= 0.6 is 11.3 Å². The minimum Gasteiger partial charge on any atom is -0.336 e. The van der Waals surface area contributed by atoms with Crippen molar-refractivity contribution in [2.24, 2.45) is 13.0 Å². The molecule has 1 aromatic carbocycles. The first-order valence-electron chi connectivity index (χ1n) is 12.0. The van der Waals surface area contributed by atoms with Crippen LogP contribution in [0.2, 0.25) is 0 Å². The molecular formula is C26H29N5O3S. The first-order valence-corrected chi connectivity index (χ1v) is 12.8. The van der Waals surface area contributed by atoms with Gasteiger partial charge in [0, 0.05) is 50.0 Å². The number of amides is 3. The molecule has 2 aromatic heterocycles. The maximum Gasteiger partial charge on any atom is 0.274 e. The topological polar surface area (TPSA) is 87.5 Å². The van der Waals surface area contributed by atoms with E-state index in [4.69, 9.17) is 0 Å². The van der Waals surface area contributed by atoms with Gasteiger partial charge in [-0.15, -0.1) is 11.3 Å². The highest BCUT2D eigenvalue weighted by molar-refractivity contribution is 7.12. The van der Waals surface area contributed by atoms with Gasteiger partial charge in [0.15, 0.2) is 5.69 Å². The molecule has 9 heteroatoms. The molecule has 4 heterocycles. The third-order valence-electron chi connectivity index (χ3n) is 6.95. The summed E-state index contributed by atoms with van der Waals surface area (Å²) in [6, 6.07) is 11.4. The number of carbonyl (C=O) groups is 3. The van der Waals surface area contributed by atoms with Crippen LogP contribution in [0.1, 0.15) is 49.8 Å². The third kappa shape index (κ3) is 4.60. The van der Waals surface area contributed by atoms with Crippen molar-refractivity contribution in [2.75, 3.05) is 25.0 Å². The molecule has 35 heavy (non-hydrogen) atoms. The van der Waals surface area contributed by atoms with Gasteiger partial charge in [0.2, 0.25) is 5.91 Å². The second-order valence-electron chi connectivity index (χ2n) is 9.25. The fraction of sp³-hybridized carbons (Fsp3) is 0.385. The predicted molar refractivity (Wildman–Crippen MR) is 134 cm³/mol. The number of fused-ring (bicyclic) bond motifs is 1. The lowest BCUT2D eigenvalue weighted by Crippen LogP contribution is -2.44. The summed E-state index contributed by atoms with van der Waals surface area (Å²) in [5.41, 5.74) is 4.02. The highest BCUT2D eigenvalue weighted by Gasteiger charge is 2.34. The number of piperidine rings is 1. The number of hydrogen-bond donors (Lipinski definition) is 1. The Labute approximate surface area is 208 Å². The summed E-state index contributed by atoms with van der Waals surface area (Å²) in [5.74, 6) is -0.518. The number of benzene rings is 1. The van der Waals surface area contributed by atoms with Gasteiger partial charge in [0.1, 0.15) is 0 Å². The van der Waals surface area contributed by atoms with E-state index in [2.05, 4.69) is 10.4 Å². The largest absolute Gasteiger partial charge is 0.336 e. The Morgan fingerprint density at radius 3 is 2.66 bits per heavy atom. The zero-order valence-corrected chi connectivity index (χ0v) is 20.8. The lowest BCUT2D eigenvalue weighted by Gasteiger charge is -2.32. The lowest BCUT2D eigenvalue weighted by molar-refractivity contribution is -0.121. The molecule has 0 aliphatic carbocycles. The Morgan fingerprint density at radius 2 is 1.89 bits per heavy atom. The maximum atomic E-state index is 13.6. The number of likely N-dealkylation sites (tertiary alicyclic amines) is 1. The summed E-state index contributed by atoms with van der Waals surface area (Å²) in [7, 11) is 1.85. The van der Waals surface area contributed by atoms with E-state index >= 15 is 0 Å². The molecule has 0 saturated carbocycles. The molecule has 1 fully saturated rings. The Morgan fingerprint density at radius 1 is 1.06 bits per heavy atom. The standard InChI is InChI=1S/C26H29N5O3S/c1-17-7-3-4-9-20(17)27-24(32)18-8-5-12-30(15-18)26(34)23-19-16-31(13-11-21(19)29(2)28-23)25(33)22-10-6-14-35-22/h3-4,6-7,9-10,14,18H,5,8,11-13,15-16H2,1-2H3,(H,27,32). The fourth-order valence-electron chi connectivity index (χ4n) is 4.97. The third-order valence-corrected chi connectivity index (χ3v) is 7.80. The molecule has 2 aliphatic rings. The van der Waals surface area contributed by atoms with Gasteiger partial charge in [-0.2, -0.15) is 5.10 Å². The van der Waals surface area contributed by atoms with Crippen molar-refractivity contribution in [3.05, 3.63) is 69.2 Å². The number of nitrogens with zero attached hydrogens (tertiary/aromatic N) is 4. The van der Waals surface area contributed by atoms with E-state index in [-0.39, 0.29) is 23.6 Å². The molecule has 8 nitrogen and oxygen atoms in total. The first kappa shape index (κ1) is 23.3. The van der Waals surface area contributed by atoms with Gasteiger partial charge >= 0.3 is 0 Å². The number of hydrogen-bond acceptors (Lipinski definition) is 5. The van der Waals surface area contributed by atoms with Gasteiger partial charge in [-0.1, -0.05) is 24.3 Å². The molecule has 0 spiro atoms. The minimum absolute atomic E-state index is 0.0150. The number of thiophene rings is 1. The lowest BCUT2D eigenvalue weighted by atomic mass is 9.96. The van der Waals surface area contributed by atoms with Crippen LogP contribution in [0.4, 0.5) is 5.69 Å². The number of nitrogens with one attached hydrogen (secondary N) is 1. The van der Waals surface area contributed by atoms with Crippen molar-refractivity contribution >= 4 is 34.7 Å². The normalized spacial score (nSPS) is 17.7. The highest BCUT2D eigenvalue weighted by Crippen LogP contribution is 2.27. The zero-order chi connectivity index (χ0) is 24.5. The molecule has 2 aliphatic heterocycles. The van der Waals surface area contributed by atoms with Gasteiger partial charge in [0.05, 0.1) is 17.3 Å². The van der Waals surface area contributed by atoms with Crippen LogP contribution in [0.3, 0.4) is 0 Å². The second kappa shape index (κ2) is 9.65. The van der Waals surface area contributed by atoms with Crippen molar-refractivity contribution in [1.29, 1.82) is 0 Å². The summed E-state index contributed by atoms with van der Waals surface area (Å²) in [5, 5.41) is 9.48. The molecule has 1 saturated heterocycles. The summed E-state index contributed by atoms with van der Waals surface area (Å²) in [6.45, 7) is 3.88. The van der Waals surface area contributed by atoms with Crippen LogP contribution in [0.5, 0.6) is 0 Å². The van der Waals surface area contributed by atoms with Gasteiger partial charge in [-0.25, -0.2) is 0 Å². The van der Waals surface area contributed by atoms with Crippen LogP contribution in [0.25, 0.3) is 0 Å². The predicted octanol–water partition coefficient (Wildman–Crippen LogP) is 3.48. The van der Waals surface area contributed by atoms with E-state index in [1.807, 2.05) is 55.7 Å². The number of para-hydroxylation sites is 1. The first-order chi connectivity index (χ1) is 16.9. The SMILES string of the molecule is Cc1ccccc1NC(=O)C1CCCN(C(=O)c2nn(C)c3c2CN(C(=O)c2cccs2)CC3)C1. The van der Waals surface area contributed by atoms with Crippen LogP contribution in [-0.4, -0.2) is 56.9 Å². The molecule has 1 unspecified atom stereocenters. The van der Waals surface area contributed by atoms with Gasteiger partial charge in [0.25, 0.3) is 11.8 Å². The Bertz CT molecular complexity index is 1270. The molecule has 5 rings (SSSR count). The minimum atomic E-state index is -0.274. The van der Waals surface area contributed by atoms with Crippen LogP contribution < -0.4 is 5.32 Å². The molecular weight excluding hydrogens is 462 g/mol. The monoisotopic (exact) mass is 491 g/mol. The summed E-state index contributed by atoms with van der Waals surface area (Å²) < 4.78 is 1.77. The van der Waals surface area contributed by atoms with Crippen molar-refractivity contribution < 1.29 is 14.4 Å². The van der Waals surface area contributed by atoms with Crippen LogP contribution in [0, 0.1) is 12.8 Å². The van der Waals surface area contributed by atoms with Gasteiger partial charge in [-0.3, -0.25) is 19.1 Å². The molecule has 0 bridgehead atoms. The van der Waals surface area contributed by atoms with Crippen LogP contribution in [0.15, 0.2) is 41.8 Å². The number of carbonyl (C=O) groups excluding carboxylic acids is 3. The van der Waals surface area contributed by atoms with E-state index in [1.165, 1.54) is 11.3 Å². The van der Waals surface area contributed by atoms with E-state index in [0.717, 1.165) is 35.3 Å². The quantitative estimate of drug-likeness (QED) is 0.605. The average Bonchev–Trinajstić information content (AvgIpc) is 3.53. The Hall–Kier alpha value is -3.46. The van der Waals surface area contributed by atoms with Gasteiger partial charge in [-0.05, 0) is 42.8 Å². The Kier molecular flexibility index (Phi) is 6.42. The van der Waals surface area contributed by atoms with E-state index < -0.39 is 0 Å². The fourth-order valence-corrected chi connectivity index (χ4v) is 5.66. The number of aryl methyl sites for hydroxylation is 2. The summed E-state index contributed by atoms with van der Waals surface area (Å²) >= 11 is 1.42. The zero-order valence-electron chi connectivity index (χ0n) is 20.0. The molecule has 0 radical (unpaired) electrons.